The molecule has 4 nitrogen and oxygen atoms in total. The van der Waals surface area contributed by atoms with Gasteiger partial charge in [0.25, 0.3) is 0 Å². The number of hydrogen-bond donors (Lipinski definition) is 3. The fraction of sp³-hybridized carbons (Fsp3) is 0.800. The Morgan fingerprint density at radius 1 is 1.42 bits per heavy atom. The summed E-state index contributed by atoms with van der Waals surface area (Å²) < 4.78 is 0. The van der Waals surface area contributed by atoms with Gasteiger partial charge in [-0.25, -0.2) is 0 Å². The minimum atomic E-state index is -1.12. The van der Waals surface area contributed by atoms with E-state index in [1.165, 1.54) is 0 Å². The molecule has 0 amide bonds. The van der Waals surface area contributed by atoms with Crippen molar-refractivity contribution in [3.63, 3.8) is 0 Å². The molecule has 0 bridgehead atoms. The molecule has 4 heteroatoms. The third-order valence-corrected chi connectivity index (χ3v) is 5.85. The molecule has 5 atom stereocenters. The van der Waals surface area contributed by atoms with Crippen molar-refractivity contribution in [1.29, 1.82) is 0 Å². The van der Waals surface area contributed by atoms with Crippen LogP contribution >= 0.6 is 0 Å². The number of aliphatic carboxylic acids is 1. The van der Waals surface area contributed by atoms with Gasteiger partial charge in [-0.2, -0.15) is 0 Å². The van der Waals surface area contributed by atoms with Crippen LogP contribution < -0.4 is 0 Å². The highest BCUT2D eigenvalue weighted by Gasteiger charge is 2.61. The van der Waals surface area contributed by atoms with Crippen LogP contribution in [-0.4, -0.2) is 34.0 Å². The summed E-state index contributed by atoms with van der Waals surface area (Å²) in [5.41, 5.74) is -0.386. The second kappa shape index (κ2) is 4.60. The van der Waals surface area contributed by atoms with Gasteiger partial charge in [0.05, 0.1) is 18.1 Å². The van der Waals surface area contributed by atoms with E-state index in [-0.39, 0.29) is 23.9 Å². The SMILES string of the molecule is C=C1CC[C@@H]2[C@](C)(CC[C@H](O)[C@@]2(C)C(=O)O)[C@H]1CO. The van der Waals surface area contributed by atoms with Crippen molar-refractivity contribution in [2.75, 3.05) is 6.61 Å². The van der Waals surface area contributed by atoms with E-state index in [2.05, 4.69) is 13.5 Å². The summed E-state index contributed by atoms with van der Waals surface area (Å²) in [5, 5.41) is 29.5. The Bertz CT molecular complexity index is 405. The molecule has 0 aromatic rings. The highest BCUT2D eigenvalue weighted by Crippen LogP contribution is 2.60. The highest BCUT2D eigenvalue weighted by atomic mass is 16.4. The first-order chi connectivity index (χ1) is 8.78. The maximum absolute atomic E-state index is 11.7. The number of rotatable bonds is 2. The lowest BCUT2D eigenvalue weighted by Gasteiger charge is -2.58. The normalized spacial score (nSPS) is 46.7. The summed E-state index contributed by atoms with van der Waals surface area (Å²) >= 11 is 0. The van der Waals surface area contributed by atoms with Gasteiger partial charge in [-0.15, -0.1) is 0 Å². The quantitative estimate of drug-likeness (QED) is 0.667. The summed E-state index contributed by atoms with van der Waals surface area (Å²) in [7, 11) is 0. The number of carbonyl (C=O) groups is 1. The first kappa shape index (κ1) is 14.5. The monoisotopic (exact) mass is 268 g/mol. The Morgan fingerprint density at radius 2 is 2.05 bits per heavy atom. The van der Waals surface area contributed by atoms with Gasteiger partial charge < -0.3 is 15.3 Å². The minimum absolute atomic E-state index is 0.0115. The van der Waals surface area contributed by atoms with Crippen LogP contribution in [0, 0.1) is 22.7 Å². The van der Waals surface area contributed by atoms with Crippen LogP contribution in [0.25, 0.3) is 0 Å². The Kier molecular flexibility index (Phi) is 3.52. The Morgan fingerprint density at radius 3 is 2.58 bits per heavy atom. The second-order valence-corrected chi connectivity index (χ2v) is 6.63. The number of aliphatic hydroxyl groups is 2. The van der Waals surface area contributed by atoms with E-state index < -0.39 is 17.5 Å². The smallest absolute Gasteiger partial charge is 0.312 e. The molecular formula is C15H24O4. The maximum atomic E-state index is 11.7. The lowest BCUT2D eigenvalue weighted by Crippen LogP contribution is -2.59. The molecule has 0 radical (unpaired) electrons. The molecule has 2 saturated carbocycles. The molecule has 0 heterocycles. The van der Waals surface area contributed by atoms with Crippen molar-refractivity contribution in [2.24, 2.45) is 22.7 Å². The lowest BCUT2D eigenvalue weighted by atomic mass is 9.46. The zero-order valence-electron chi connectivity index (χ0n) is 11.7. The lowest BCUT2D eigenvalue weighted by molar-refractivity contribution is -0.184. The number of fused-ring (bicyclic) bond motifs is 1. The number of carboxylic acid groups (broad SMARTS) is 1. The summed E-state index contributed by atoms with van der Waals surface area (Å²) in [5.74, 6) is -1.11. The topological polar surface area (TPSA) is 77.8 Å². The van der Waals surface area contributed by atoms with Crippen molar-refractivity contribution < 1.29 is 20.1 Å². The zero-order valence-corrected chi connectivity index (χ0v) is 11.7. The predicted octanol–water partition coefficient (Wildman–Crippen LogP) is 1.81. The molecule has 0 aromatic heterocycles. The van der Waals surface area contributed by atoms with Crippen molar-refractivity contribution >= 4 is 5.97 Å². The molecule has 0 saturated heterocycles. The molecule has 2 aliphatic carbocycles. The van der Waals surface area contributed by atoms with Crippen LogP contribution in [-0.2, 0) is 4.79 Å². The van der Waals surface area contributed by atoms with E-state index in [1.54, 1.807) is 6.92 Å². The van der Waals surface area contributed by atoms with Crippen LogP contribution in [0.1, 0.15) is 39.5 Å². The molecule has 2 fully saturated rings. The van der Waals surface area contributed by atoms with E-state index in [0.29, 0.717) is 6.42 Å². The summed E-state index contributed by atoms with van der Waals surface area (Å²) in [6, 6.07) is 0. The highest BCUT2D eigenvalue weighted by molar-refractivity contribution is 5.76. The fourth-order valence-electron chi connectivity index (χ4n) is 4.49. The predicted molar refractivity (Wildman–Crippen MR) is 71.5 cm³/mol. The average Bonchev–Trinajstić information content (AvgIpc) is 2.34. The molecule has 108 valence electrons. The van der Waals surface area contributed by atoms with Crippen LogP contribution in [0.3, 0.4) is 0 Å². The molecule has 0 spiro atoms. The van der Waals surface area contributed by atoms with Gasteiger partial charge in [0.1, 0.15) is 0 Å². The van der Waals surface area contributed by atoms with Gasteiger partial charge in [-0.05, 0) is 43.9 Å². The van der Waals surface area contributed by atoms with E-state index in [0.717, 1.165) is 24.8 Å². The zero-order chi connectivity index (χ0) is 14.4. The van der Waals surface area contributed by atoms with E-state index in [1.807, 2.05) is 0 Å². The largest absolute Gasteiger partial charge is 0.481 e. The van der Waals surface area contributed by atoms with Crippen LogP contribution in [0.4, 0.5) is 0 Å². The van der Waals surface area contributed by atoms with Gasteiger partial charge in [-0.1, -0.05) is 19.1 Å². The molecular weight excluding hydrogens is 244 g/mol. The van der Waals surface area contributed by atoms with Crippen molar-refractivity contribution in [1.82, 2.24) is 0 Å². The number of carboxylic acids is 1. The van der Waals surface area contributed by atoms with Gasteiger partial charge in [0, 0.05) is 5.92 Å². The van der Waals surface area contributed by atoms with Crippen molar-refractivity contribution in [3.8, 4) is 0 Å². The molecule has 2 aliphatic rings. The summed E-state index contributed by atoms with van der Waals surface area (Å²) in [4.78, 5) is 11.7. The molecule has 2 rings (SSSR count). The third-order valence-electron chi connectivity index (χ3n) is 5.85. The Labute approximate surface area is 114 Å². The summed E-state index contributed by atoms with van der Waals surface area (Å²) in [6.07, 6.45) is 1.87. The van der Waals surface area contributed by atoms with Crippen LogP contribution in [0.5, 0.6) is 0 Å². The van der Waals surface area contributed by atoms with Crippen molar-refractivity contribution in [2.45, 2.75) is 45.6 Å². The standard InChI is InChI=1S/C15H24O4/c1-9-4-5-11-14(2,10(9)8-16)7-6-12(17)15(11,3)13(18)19/h10-12,16-17H,1,4-8H2,2-3H3,(H,18,19)/t10-,11+,12-,14+,15-/m0/s1. The van der Waals surface area contributed by atoms with Crippen LogP contribution in [0.15, 0.2) is 12.2 Å². The van der Waals surface area contributed by atoms with Crippen LogP contribution in [0.2, 0.25) is 0 Å². The van der Waals surface area contributed by atoms with E-state index in [9.17, 15) is 20.1 Å². The van der Waals surface area contributed by atoms with Gasteiger partial charge in [-0.3, -0.25) is 4.79 Å². The average molecular weight is 268 g/mol. The molecule has 3 N–H and O–H groups in total. The van der Waals surface area contributed by atoms with Gasteiger partial charge in [0.2, 0.25) is 0 Å². The minimum Gasteiger partial charge on any atom is -0.481 e. The van der Waals surface area contributed by atoms with Gasteiger partial charge in [0.15, 0.2) is 0 Å². The molecule has 19 heavy (non-hydrogen) atoms. The number of aliphatic hydroxyl groups excluding tert-OH is 2. The maximum Gasteiger partial charge on any atom is 0.312 e. The molecule has 0 aromatic carbocycles. The fourth-order valence-corrected chi connectivity index (χ4v) is 4.49. The van der Waals surface area contributed by atoms with Gasteiger partial charge >= 0.3 is 5.97 Å². The van der Waals surface area contributed by atoms with Crippen molar-refractivity contribution in [3.05, 3.63) is 12.2 Å². The number of hydrogen-bond acceptors (Lipinski definition) is 3. The Hall–Kier alpha value is -0.870. The first-order valence-electron chi connectivity index (χ1n) is 6.98. The van der Waals surface area contributed by atoms with E-state index in [4.69, 9.17) is 0 Å². The van der Waals surface area contributed by atoms with E-state index >= 15 is 0 Å². The molecule has 0 unspecified atom stereocenters. The second-order valence-electron chi connectivity index (χ2n) is 6.63. The summed E-state index contributed by atoms with van der Waals surface area (Å²) in [6.45, 7) is 7.76. The Balaban J connectivity index is 2.47. The third kappa shape index (κ3) is 1.84. The first-order valence-corrected chi connectivity index (χ1v) is 6.98. The molecule has 0 aliphatic heterocycles.